The predicted octanol–water partition coefficient (Wildman–Crippen LogP) is 1.65. The molecule has 3 atom stereocenters. The Kier molecular flexibility index (Phi) is 5.69. The summed E-state index contributed by atoms with van der Waals surface area (Å²) in [6, 6.07) is 6.89. The van der Waals surface area contributed by atoms with Crippen LogP contribution in [0.15, 0.2) is 24.3 Å². The lowest BCUT2D eigenvalue weighted by atomic mass is 9.89. The number of aliphatic hydroxyl groups is 1. The lowest BCUT2D eigenvalue weighted by Gasteiger charge is -2.27. The number of hydrogen-bond donors (Lipinski definition) is 2. The Bertz CT molecular complexity index is 526. The highest BCUT2D eigenvalue weighted by Crippen LogP contribution is 2.22. The Morgan fingerprint density at radius 1 is 1.36 bits per heavy atom. The van der Waals surface area contributed by atoms with Gasteiger partial charge in [-0.15, -0.1) is 0 Å². The third-order valence-corrected chi connectivity index (χ3v) is 4.17. The normalized spacial score (nSPS) is 22.9. The molecule has 0 amide bonds. The summed E-state index contributed by atoms with van der Waals surface area (Å²) in [4.78, 5) is 23.7. The number of hydrogen-bond acceptors (Lipinski definition) is 5. The number of nitrogens with one attached hydrogen (secondary N) is 1. The van der Waals surface area contributed by atoms with E-state index in [9.17, 15) is 14.7 Å². The van der Waals surface area contributed by atoms with Crippen LogP contribution in [0, 0.1) is 0 Å². The van der Waals surface area contributed by atoms with E-state index in [2.05, 4.69) is 10.1 Å². The molecule has 22 heavy (non-hydrogen) atoms. The number of esters is 1. The van der Waals surface area contributed by atoms with Crippen LogP contribution in [0.1, 0.15) is 48.0 Å². The Morgan fingerprint density at radius 2 is 2.05 bits per heavy atom. The summed E-state index contributed by atoms with van der Waals surface area (Å²) in [5, 5.41) is 12.8. The van der Waals surface area contributed by atoms with Crippen LogP contribution in [0.3, 0.4) is 0 Å². The van der Waals surface area contributed by atoms with E-state index in [0.29, 0.717) is 31.4 Å². The number of ether oxygens (including phenoxy) is 1. The molecule has 1 saturated heterocycles. The fraction of sp³-hybridized carbons (Fsp3) is 0.529. The molecule has 2 N–H and O–H groups in total. The summed E-state index contributed by atoms with van der Waals surface area (Å²) >= 11 is 0. The minimum absolute atomic E-state index is 0.0695. The van der Waals surface area contributed by atoms with E-state index < -0.39 is 0 Å². The number of carbonyl (C=O) groups excluding carboxylic acids is 2. The van der Waals surface area contributed by atoms with Crippen LogP contribution < -0.4 is 5.32 Å². The average Bonchev–Trinajstić information content (AvgIpc) is 2.54. The predicted molar refractivity (Wildman–Crippen MR) is 82.9 cm³/mol. The van der Waals surface area contributed by atoms with E-state index in [-0.39, 0.29) is 29.8 Å². The van der Waals surface area contributed by atoms with Gasteiger partial charge in [-0.25, -0.2) is 4.79 Å². The number of ketones is 1. The fourth-order valence-electron chi connectivity index (χ4n) is 2.77. The van der Waals surface area contributed by atoms with Crippen molar-refractivity contribution >= 4 is 11.8 Å². The van der Waals surface area contributed by atoms with Gasteiger partial charge >= 0.3 is 5.97 Å². The zero-order chi connectivity index (χ0) is 16.1. The number of rotatable bonds is 5. The maximum Gasteiger partial charge on any atom is 0.337 e. The maximum absolute atomic E-state index is 12.3. The van der Waals surface area contributed by atoms with Crippen LogP contribution in [0.5, 0.6) is 0 Å². The number of aliphatic hydroxyl groups excluding tert-OH is 1. The summed E-state index contributed by atoms with van der Waals surface area (Å²) in [5.41, 5.74) is 1.51. The maximum atomic E-state index is 12.3. The van der Waals surface area contributed by atoms with Gasteiger partial charge < -0.3 is 15.2 Å². The number of methoxy groups -OCH3 is 1. The molecule has 1 aromatic carbocycles. The first-order chi connectivity index (χ1) is 10.5. The minimum atomic E-state index is -0.384. The molecule has 1 aliphatic rings. The summed E-state index contributed by atoms with van der Waals surface area (Å²) in [6.45, 7) is 2.67. The van der Waals surface area contributed by atoms with Gasteiger partial charge in [-0.05, 0) is 43.0 Å². The molecule has 1 aromatic rings. The molecular weight excluding hydrogens is 282 g/mol. The topological polar surface area (TPSA) is 75.6 Å². The van der Waals surface area contributed by atoms with Gasteiger partial charge in [0.15, 0.2) is 0 Å². The van der Waals surface area contributed by atoms with Crippen molar-refractivity contribution in [3.8, 4) is 0 Å². The molecule has 0 radical (unpaired) electrons. The molecular formula is C17H23NO4. The molecule has 0 saturated carbocycles. The minimum Gasteiger partial charge on any atom is -0.465 e. The lowest BCUT2D eigenvalue weighted by Crippen LogP contribution is -2.45. The fourth-order valence-corrected chi connectivity index (χ4v) is 2.77. The number of piperidine rings is 1. The second-order valence-electron chi connectivity index (χ2n) is 5.87. The smallest absolute Gasteiger partial charge is 0.337 e. The molecule has 0 unspecified atom stereocenters. The van der Waals surface area contributed by atoms with Crippen molar-refractivity contribution in [2.45, 2.75) is 44.2 Å². The first-order valence-corrected chi connectivity index (χ1v) is 7.63. The molecule has 5 heteroatoms. The molecule has 0 spiro atoms. The standard InChI is InChI=1S/C17H23NO4/c1-11(9-16(20)15-10-14(19)7-8-18-15)12-3-5-13(6-4-12)17(21)22-2/h3-6,11,14-15,18-19H,7-10H2,1-2H3/t11-,14+,15-/m1/s1. The van der Waals surface area contributed by atoms with Gasteiger partial charge in [0.25, 0.3) is 0 Å². The van der Waals surface area contributed by atoms with Crippen molar-refractivity contribution in [3.63, 3.8) is 0 Å². The van der Waals surface area contributed by atoms with E-state index in [0.717, 1.165) is 5.56 Å². The molecule has 0 aromatic heterocycles. The second kappa shape index (κ2) is 7.51. The SMILES string of the molecule is COC(=O)c1ccc([C@H](C)CC(=O)[C@H]2C[C@@H](O)CCN2)cc1. The first-order valence-electron chi connectivity index (χ1n) is 7.63. The first kappa shape index (κ1) is 16.6. The largest absolute Gasteiger partial charge is 0.465 e. The number of carbonyl (C=O) groups is 2. The number of benzene rings is 1. The summed E-state index contributed by atoms with van der Waals surface area (Å²) < 4.78 is 4.67. The van der Waals surface area contributed by atoms with Gasteiger partial charge in [0.05, 0.1) is 24.8 Å². The highest BCUT2D eigenvalue weighted by atomic mass is 16.5. The third-order valence-electron chi connectivity index (χ3n) is 4.17. The van der Waals surface area contributed by atoms with Crippen molar-refractivity contribution in [1.82, 2.24) is 5.32 Å². The second-order valence-corrected chi connectivity index (χ2v) is 5.87. The molecule has 5 nitrogen and oxygen atoms in total. The van der Waals surface area contributed by atoms with Crippen molar-refractivity contribution < 1.29 is 19.4 Å². The van der Waals surface area contributed by atoms with Crippen LogP contribution in [-0.2, 0) is 9.53 Å². The summed E-state index contributed by atoms with van der Waals surface area (Å²) in [6.07, 6.45) is 1.23. The average molecular weight is 305 g/mol. The molecule has 0 aliphatic carbocycles. The van der Waals surface area contributed by atoms with E-state index in [1.807, 2.05) is 19.1 Å². The lowest BCUT2D eigenvalue weighted by molar-refractivity contribution is -0.122. The zero-order valence-electron chi connectivity index (χ0n) is 13.0. The van der Waals surface area contributed by atoms with E-state index in [4.69, 9.17) is 0 Å². The molecule has 0 bridgehead atoms. The number of Topliss-reactive ketones (excluding diaryl/α,β-unsaturated/α-hetero) is 1. The van der Waals surface area contributed by atoms with Crippen molar-refractivity contribution in [2.24, 2.45) is 0 Å². The monoisotopic (exact) mass is 305 g/mol. The molecule has 2 rings (SSSR count). The van der Waals surface area contributed by atoms with Crippen LogP contribution in [0.25, 0.3) is 0 Å². The van der Waals surface area contributed by atoms with E-state index >= 15 is 0 Å². The van der Waals surface area contributed by atoms with Gasteiger partial charge in [0.2, 0.25) is 0 Å². The van der Waals surface area contributed by atoms with Crippen molar-refractivity contribution in [1.29, 1.82) is 0 Å². The molecule has 120 valence electrons. The molecule has 1 fully saturated rings. The van der Waals surface area contributed by atoms with Gasteiger partial charge in [-0.2, -0.15) is 0 Å². The van der Waals surface area contributed by atoms with E-state index in [1.54, 1.807) is 12.1 Å². The van der Waals surface area contributed by atoms with Crippen molar-refractivity contribution in [3.05, 3.63) is 35.4 Å². The van der Waals surface area contributed by atoms with Crippen LogP contribution >= 0.6 is 0 Å². The molecule has 1 aliphatic heterocycles. The van der Waals surface area contributed by atoms with Crippen molar-refractivity contribution in [2.75, 3.05) is 13.7 Å². The van der Waals surface area contributed by atoms with Gasteiger partial charge in [0.1, 0.15) is 5.78 Å². The summed E-state index contributed by atoms with van der Waals surface area (Å²) in [5.74, 6) is -0.168. The zero-order valence-corrected chi connectivity index (χ0v) is 13.0. The van der Waals surface area contributed by atoms with Crippen LogP contribution in [0.2, 0.25) is 0 Å². The highest BCUT2D eigenvalue weighted by molar-refractivity contribution is 5.89. The van der Waals surface area contributed by atoms with E-state index in [1.165, 1.54) is 7.11 Å². The Labute approximate surface area is 130 Å². The Hall–Kier alpha value is -1.72. The van der Waals surface area contributed by atoms with Gasteiger partial charge in [-0.3, -0.25) is 4.79 Å². The Balaban J connectivity index is 1.95. The van der Waals surface area contributed by atoms with Gasteiger partial charge in [0, 0.05) is 6.42 Å². The summed E-state index contributed by atoms with van der Waals surface area (Å²) in [7, 11) is 1.35. The highest BCUT2D eigenvalue weighted by Gasteiger charge is 2.26. The third kappa shape index (κ3) is 4.15. The van der Waals surface area contributed by atoms with Crippen LogP contribution in [-0.4, -0.2) is 42.7 Å². The van der Waals surface area contributed by atoms with Crippen LogP contribution in [0.4, 0.5) is 0 Å². The Morgan fingerprint density at radius 3 is 2.64 bits per heavy atom. The van der Waals surface area contributed by atoms with Gasteiger partial charge in [-0.1, -0.05) is 19.1 Å². The quantitative estimate of drug-likeness (QED) is 0.809. The molecule has 1 heterocycles.